The van der Waals surface area contributed by atoms with Crippen molar-refractivity contribution in [1.82, 2.24) is 20.3 Å². The largest absolute Gasteiger partial charge is 0.489 e. The number of hydrogen-bond donors (Lipinski definition) is 1. The van der Waals surface area contributed by atoms with Gasteiger partial charge >= 0.3 is 0 Å². The van der Waals surface area contributed by atoms with Crippen molar-refractivity contribution >= 4 is 44.0 Å². The molecule has 1 fully saturated rings. The van der Waals surface area contributed by atoms with Crippen molar-refractivity contribution in [2.45, 2.75) is 35.7 Å². The molecule has 0 spiro atoms. The van der Waals surface area contributed by atoms with Crippen molar-refractivity contribution in [2.24, 2.45) is 0 Å². The van der Waals surface area contributed by atoms with E-state index in [0.29, 0.717) is 52.8 Å². The van der Waals surface area contributed by atoms with Crippen LogP contribution in [0.4, 0.5) is 34.9 Å². The molecule has 46 heavy (non-hydrogen) atoms. The summed E-state index contributed by atoms with van der Waals surface area (Å²) in [6, 6.07) is 8.73. The number of amides is 1. The molecule has 16 heteroatoms. The Morgan fingerprint density at radius 1 is 1.00 bits per heavy atom. The van der Waals surface area contributed by atoms with Crippen molar-refractivity contribution in [3.05, 3.63) is 65.9 Å². The maximum Gasteiger partial charge on any atom is 0.251 e. The molecule has 1 aromatic carbocycles. The first-order valence-corrected chi connectivity index (χ1v) is 15.9. The SMILES string of the molecule is O=C(NCc1cc2nc(N3CCOc4cc(N5C[C@H](F)[C@@H](F)C5)cnc43)ccc2cn1)c1cc(F)c2c(c1)S(=O)(=O)[C@@H](F)CCO2. The summed E-state index contributed by atoms with van der Waals surface area (Å²) in [5.74, 6) is -0.984. The highest BCUT2D eigenvalue weighted by Gasteiger charge is 2.36. The van der Waals surface area contributed by atoms with Gasteiger partial charge in [-0.2, -0.15) is 0 Å². The second kappa shape index (κ2) is 11.6. The van der Waals surface area contributed by atoms with Gasteiger partial charge in [-0.05, 0) is 30.3 Å². The van der Waals surface area contributed by atoms with Crippen molar-refractivity contribution in [1.29, 1.82) is 0 Å². The summed E-state index contributed by atoms with van der Waals surface area (Å²) in [6.07, 6.45) is -0.451. The van der Waals surface area contributed by atoms with Crippen LogP contribution in [0.25, 0.3) is 10.9 Å². The lowest BCUT2D eigenvalue weighted by Crippen LogP contribution is -2.30. The molecule has 3 aromatic heterocycles. The van der Waals surface area contributed by atoms with E-state index in [4.69, 9.17) is 14.5 Å². The Hall–Kier alpha value is -4.73. The molecule has 1 saturated heterocycles. The van der Waals surface area contributed by atoms with Gasteiger partial charge in [-0.25, -0.2) is 35.9 Å². The normalized spacial score (nSPS) is 22.0. The number of pyridine rings is 3. The minimum atomic E-state index is -4.55. The third kappa shape index (κ3) is 5.39. The summed E-state index contributed by atoms with van der Waals surface area (Å²) in [6.45, 7) is 0.220. The Labute approximate surface area is 260 Å². The fourth-order valence-electron chi connectivity index (χ4n) is 5.58. The molecule has 0 aliphatic carbocycles. The fraction of sp³-hybridized carbons (Fsp3) is 0.333. The molecule has 0 radical (unpaired) electrons. The molecule has 0 bridgehead atoms. The van der Waals surface area contributed by atoms with E-state index in [0.717, 1.165) is 12.1 Å². The number of carbonyl (C=O) groups is 1. The van der Waals surface area contributed by atoms with Gasteiger partial charge in [0.25, 0.3) is 5.91 Å². The molecule has 3 atom stereocenters. The number of rotatable bonds is 5. The number of nitrogens with one attached hydrogen (secondary N) is 1. The number of anilines is 3. The monoisotopic (exact) mass is 658 g/mol. The molecule has 0 saturated carbocycles. The summed E-state index contributed by atoms with van der Waals surface area (Å²) in [5.41, 5.74) is -1.08. The van der Waals surface area contributed by atoms with Gasteiger partial charge in [-0.3, -0.25) is 9.78 Å². The van der Waals surface area contributed by atoms with E-state index in [9.17, 15) is 30.8 Å². The molecule has 1 amide bonds. The van der Waals surface area contributed by atoms with Gasteiger partial charge in [0.1, 0.15) is 17.3 Å². The molecule has 240 valence electrons. The zero-order valence-corrected chi connectivity index (χ0v) is 24.8. The van der Waals surface area contributed by atoms with E-state index < -0.39 is 56.5 Å². The average molecular weight is 659 g/mol. The third-order valence-electron chi connectivity index (χ3n) is 8.02. The van der Waals surface area contributed by atoms with E-state index in [1.54, 1.807) is 35.5 Å². The van der Waals surface area contributed by atoms with Gasteiger partial charge in [-0.1, -0.05) is 0 Å². The number of ether oxygens (including phenoxy) is 2. The summed E-state index contributed by atoms with van der Waals surface area (Å²) < 4.78 is 92.5. The van der Waals surface area contributed by atoms with E-state index in [1.807, 2.05) is 11.0 Å². The first-order chi connectivity index (χ1) is 22.1. The van der Waals surface area contributed by atoms with Gasteiger partial charge in [-0.15, -0.1) is 0 Å². The number of halogens is 4. The zero-order chi connectivity index (χ0) is 32.2. The lowest BCUT2D eigenvalue weighted by Gasteiger charge is -2.30. The maximum absolute atomic E-state index is 14.7. The molecule has 3 aliphatic rings. The van der Waals surface area contributed by atoms with E-state index in [-0.39, 0.29) is 31.8 Å². The summed E-state index contributed by atoms with van der Waals surface area (Å²) in [5, 5.41) is 3.29. The molecule has 1 N–H and O–H groups in total. The molecule has 3 aliphatic heterocycles. The molecule has 7 rings (SSSR count). The highest BCUT2D eigenvalue weighted by atomic mass is 32.2. The van der Waals surface area contributed by atoms with E-state index >= 15 is 0 Å². The number of nitrogens with zero attached hydrogens (tertiary/aromatic N) is 5. The number of alkyl halides is 3. The number of fused-ring (bicyclic) bond motifs is 3. The van der Waals surface area contributed by atoms with Crippen LogP contribution < -0.4 is 24.6 Å². The van der Waals surface area contributed by atoms with Crippen LogP contribution in [0.3, 0.4) is 0 Å². The van der Waals surface area contributed by atoms with Crippen LogP contribution in [0.1, 0.15) is 22.5 Å². The molecule has 0 unspecified atom stereocenters. The Morgan fingerprint density at radius 2 is 1.80 bits per heavy atom. The Kier molecular flexibility index (Phi) is 7.53. The third-order valence-corrected chi connectivity index (χ3v) is 9.85. The van der Waals surface area contributed by atoms with Crippen molar-refractivity contribution in [2.75, 3.05) is 42.6 Å². The van der Waals surface area contributed by atoms with Crippen molar-refractivity contribution in [3.63, 3.8) is 0 Å². The predicted molar refractivity (Wildman–Crippen MR) is 158 cm³/mol. The minimum Gasteiger partial charge on any atom is -0.489 e. The van der Waals surface area contributed by atoms with Gasteiger partial charge in [0.15, 0.2) is 35.5 Å². The smallest absolute Gasteiger partial charge is 0.251 e. The number of aromatic nitrogens is 3. The van der Waals surface area contributed by atoms with Crippen LogP contribution in [0.15, 0.2) is 53.7 Å². The van der Waals surface area contributed by atoms with Crippen LogP contribution in [-0.2, 0) is 16.4 Å². The predicted octanol–water partition coefficient (Wildman–Crippen LogP) is 3.97. The molecule has 4 aromatic rings. The van der Waals surface area contributed by atoms with Crippen LogP contribution in [-0.4, -0.2) is 80.0 Å². The summed E-state index contributed by atoms with van der Waals surface area (Å²) in [4.78, 5) is 29.3. The van der Waals surface area contributed by atoms with Gasteiger partial charge < -0.3 is 24.6 Å². The standard InChI is InChI=1S/C30H26F4N6O5S/c31-20-7-17(8-25-28(20)45-5-3-26(34)46(25,42)43)30(41)37-12-18-9-23-16(11-35-18)1-2-27(38-23)40-4-6-44-24-10-19(13-36-29(24)40)39-14-21(32)22(33)15-39/h1-2,7-11,13,21-22,26H,3-6,12,14-15H2,(H,37,41)/t21-,22-,26+/m0/s1. The van der Waals surface area contributed by atoms with E-state index in [1.165, 1.54) is 0 Å². The van der Waals surface area contributed by atoms with Crippen molar-refractivity contribution < 1.29 is 40.2 Å². The molecular weight excluding hydrogens is 632 g/mol. The number of benzene rings is 1. The first kappa shape index (κ1) is 30.0. The summed E-state index contributed by atoms with van der Waals surface area (Å²) >= 11 is 0. The fourth-order valence-corrected chi connectivity index (χ4v) is 6.97. The summed E-state index contributed by atoms with van der Waals surface area (Å²) in [7, 11) is -4.55. The Bertz CT molecular complexity index is 1960. The van der Waals surface area contributed by atoms with Crippen LogP contribution in [0.5, 0.6) is 11.5 Å². The quantitative estimate of drug-likeness (QED) is 0.315. The second-order valence-corrected chi connectivity index (χ2v) is 13.1. The minimum absolute atomic E-state index is 0.0605. The molecule has 11 nitrogen and oxygen atoms in total. The number of sulfone groups is 1. The van der Waals surface area contributed by atoms with Crippen LogP contribution in [0, 0.1) is 5.82 Å². The highest BCUT2D eigenvalue weighted by molar-refractivity contribution is 7.92. The van der Waals surface area contributed by atoms with Gasteiger partial charge in [0.2, 0.25) is 15.3 Å². The topological polar surface area (TPSA) is 127 Å². The highest BCUT2D eigenvalue weighted by Crippen LogP contribution is 2.38. The van der Waals surface area contributed by atoms with Crippen LogP contribution in [0.2, 0.25) is 0 Å². The molecule has 6 heterocycles. The van der Waals surface area contributed by atoms with Crippen molar-refractivity contribution in [3.8, 4) is 11.5 Å². The lowest BCUT2D eigenvalue weighted by molar-refractivity contribution is 0.0949. The van der Waals surface area contributed by atoms with E-state index in [2.05, 4.69) is 15.3 Å². The average Bonchev–Trinajstić information content (AvgIpc) is 3.34. The van der Waals surface area contributed by atoms with Crippen LogP contribution >= 0.6 is 0 Å². The second-order valence-electron chi connectivity index (χ2n) is 11.1. The van der Waals surface area contributed by atoms with Gasteiger partial charge in [0.05, 0.1) is 55.9 Å². The lowest BCUT2D eigenvalue weighted by atomic mass is 10.2. The number of carbonyl (C=O) groups excluding carboxylic acids is 1. The number of hydrogen-bond acceptors (Lipinski definition) is 10. The molecular formula is C30H26F4N6O5S. The first-order valence-electron chi connectivity index (χ1n) is 14.4. The maximum atomic E-state index is 14.7. The Morgan fingerprint density at radius 3 is 2.61 bits per heavy atom. The van der Waals surface area contributed by atoms with Gasteiger partial charge in [0, 0.05) is 29.6 Å². The zero-order valence-electron chi connectivity index (χ0n) is 24.0. The Balaban J connectivity index is 1.10.